The molecule has 0 fully saturated rings. The van der Waals surface area contributed by atoms with Crippen LogP contribution in [-0.2, 0) is 13.0 Å². The molecule has 0 aliphatic rings. The van der Waals surface area contributed by atoms with E-state index in [0.29, 0.717) is 24.4 Å². The van der Waals surface area contributed by atoms with Gasteiger partial charge in [0.25, 0.3) is 0 Å². The number of aromatic nitrogens is 3. The summed E-state index contributed by atoms with van der Waals surface area (Å²) in [6, 6.07) is 11.7. The molecule has 2 N–H and O–H groups in total. The topological polar surface area (TPSA) is 82.1 Å². The summed E-state index contributed by atoms with van der Waals surface area (Å²) >= 11 is 3.35. The van der Waals surface area contributed by atoms with E-state index in [9.17, 15) is 9.90 Å². The number of amides is 1. The molecule has 0 aliphatic carbocycles. The second kappa shape index (κ2) is 6.78. The van der Waals surface area contributed by atoms with Gasteiger partial charge >= 0.3 is 6.09 Å². The average molecular weight is 375 g/mol. The molecule has 23 heavy (non-hydrogen) atoms. The molecular formula is C16H15BrN4O2. The summed E-state index contributed by atoms with van der Waals surface area (Å²) in [6.45, 7) is 0.615. The molecule has 3 rings (SSSR count). The lowest BCUT2D eigenvalue weighted by molar-refractivity contribution is 0.142. The molecule has 0 aliphatic heterocycles. The van der Waals surface area contributed by atoms with Gasteiger partial charge < -0.3 is 15.0 Å². The molecule has 2 heterocycles. The summed E-state index contributed by atoms with van der Waals surface area (Å²) in [5.41, 5.74) is 2.47. The number of H-pyrrole nitrogens is 1. The van der Waals surface area contributed by atoms with E-state index in [1.807, 2.05) is 36.4 Å². The number of rotatable bonds is 5. The van der Waals surface area contributed by atoms with Crippen LogP contribution >= 0.6 is 15.9 Å². The van der Waals surface area contributed by atoms with Gasteiger partial charge in [-0.2, -0.15) is 0 Å². The van der Waals surface area contributed by atoms with Crippen molar-refractivity contribution < 1.29 is 9.90 Å². The lowest BCUT2D eigenvalue weighted by Gasteiger charge is -2.17. The zero-order chi connectivity index (χ0) is 16.2. The second-order valence-corrected chi connectivity index (χ2v) is 6.06. The number of carboxylic acid groups (broad SMARTS) is 1. The zero-order valence-corrected chi connectivity index (χ0v) is 13.8. The number of benzene rings is 1. The summed E-state index contributed by atoms with van der Waals surface area (Å²) in [7, 11) is 0. The van der Waals surface area contributed by atoms with Crippen molar-refractivity contribution in [2.24, 2.45) is 0 Å². The fraction of sp³-hybridized carbons (Fsp3) is 0.188. The predicted molar refractivity (Wildman–Crippen MR) is 90.2 cm³/mol. The summed E-state index contributed by atoms with van der Waals surface area (Å²) in [5, 5.41) is 9.39. The van der Waals surface area contributed by atoms with Crippen LogP contribution in [0.2, 0.25) is 0 Å². The Morgan fingerprint density at radius 3 is 2.83 bits per heavy atom. The van der Waals surface area contributed by atoms with Crippen molar-refractivity contribution in [1.29, 1.82) is 0 Å². The monoisotopic (exact) mass is 374 g/mol. The van der Waals surface area contributed by atoms with Crippen LogP contribution in [0.4, 0.5) is 4.79 Å². The maximum atomic E-state index is 11.5. The van der Waals surface area contributed by atoms with Crippen LogP contribution in [-0.4, -0.2) is 37.6 Å². The number of halogens is 1. The number of aromatic amines is 1. The average Bonchev–Trinajstić information content (AvgIpc) is 2.93. The lowest BCUT2D eigenvalue weighted by Crippen LogP contribution is -2.31. The van der Waals surface area contributed by atoms with Crippen LogP contribution < -0.4 is 0 Å². The summed E-state index contributed by atoms with van der Waals surface area (Å²) in [6.07, 6.45) is 1.37. The number of nitrogens with one attached hydrogen (secondary N) is 1. The SMILES string of the molecule is O=C(O)N(CCc1ccccc1)Cc1nc2ncc(Br)cc2[nH]1. The molecule has 7 heteroatoms. The summed E-state index contributed by atoms with van der Waals surface area (Å²) in [4.78, 5) is 24.4. The highest BCUT2D eigenvalue weighted by Crippen LogP contribution is 2.16. The van der Waals surface area contributed by atoms with Crippen LogP contribution in [0, 0.1) is 0 Å². The van der Waals surface area contributed by atoms with E-state index < -0.39 is 6.09 Å². The fourth-order valence-electron chi connectivity index (χ4n) is 2.33. The minimum Gasteiger partial charge on any atom is -0.465 e. The first-order valence-corrected chi connectivity index (χ1v) is 7.93. The number of hydrogen-bond donors (Lipinski definition) is 2. The molecule has 118 valence electrons. The molecule has 1 amide bonds. The van der Waals surface area contributed by atoms with E-state index in [1.165, 1.54) is 4.90 Å². The van der Waals surface area contributed by atoms with Crippen LogP contribution in [0.3, 0.4) is 0 Å². The first-order valence-electron chi connectivity index (χ1n) is 7.14. The van der Waals surface area contributed by atoms with Crippen LogP contribution in [0.25, 0.3) is 11.2 Å². The quantitative estimate of drug-likeness (QED) is 0.716. The third-order valence-electron chi connectivity index (χ3n) is 3.48. The molecule has 3 aromatic rings. The molecule has 6 nitrogen and oxygen atoms in total. The van der Waals surface area contributed by atoms with Gasteiger partial charge in [-0.3, -0.25) is 0 Å². The first kappa shape index (κ1) is 15.5. The molecule has 0 atom stereocenters. The molecule has 0 bridgehead atoms. The van der Waals surface area contributed by atoms with Gasteiger partial charge in [0.2, 0.25) is 0 Å². The summed E-state index contributed by atoms with van der Waals surface area (Å²) in [5.74, 6) is 0.584. The number of imidazole rings is 1. The third-order valence-corrected chi connectivity index (χ3v) is 3.91. The molecule has 0 spiro atoms. The Morgan fingerprint density at radius 1 is 1.30 bits per heavy atom. The maximum Gasteiger partial charge on any atom is 0.407 e. The normalized spacial score (nSPS) is 10.8. The van der Waals surface area contributed by atoms with Crippen molar-refractivity contribution in [3.63, 3.8) is 0 Å². The molecule has 2 aromatic heterocycles. The van der Waals surface area contributed by atoms with Gasteiger partial charge in [-0.05, 0) is 34.0 Å². The number of fused-ring (bicyclic) bond motifs is 1. The van der Waals surface area contributed by atoms with Gasteiger partial charge in [0.1, 0.15) is 5.82 Å². The van der Waals surface area contributed by atoms with Crippen molar-refractivity contribution in [2.75, 3.05) is 6.54 Å². The molecule has 0 unspecified atom stereocenters. The Hall–Kier alpha value is -2.41. The van der Waals surface area contributed by atoms with E-state index in [-0.39, 0.29) is 6.54 Å². The maximum absolute atomic E-state index is 11.5. The molecular weight excluding hydrogens is 360 g/mol. The van der Waals surface area contributed by atoms with E-state index in [0.717, 1.165) is 15.6 Å². The van der Waals surface area contributed by atoms with Crippen molar-refractivity contribution >= 4 is 33.2 Å². The second-order valence-electron chi connectivity index (χ2n) is 5.15. The van der Waals surface area contributed by atoms with Crippen LogP contribution in [0.5, 0.6) is 0 Å². The molecule has 0 radical (unpaired) electrons. The molecule has 0 saturated carbocycles. The minimum atomic E-state index is -0.962. The van der Waals surface area contributed by atoms with E-state index in [2.05, 4.69) is 30.9 Å². The van der Waals surface area contributed by atoms with Gasteiger partial charge in [-0.15, -0.1) is 0 Å². The number of carbonyl (C=O) groups is 1. The Labute approximate surface area is 141 Å². The Bertz CT molecular complexity index is 819. The van der Waals surface area contributed by atoms with Gasteiger partial charge in [-0.1, -0.05) is 30.3 Å². The van der Waals surface area contributed by atoms with Crippen molar-refractivity contribution in [2.45, 2.75) is 13.0 Å². The molecule has 1 aromatic carbocycles. The highest BCUT2D eigenvalue weighted by Gasteiger charge is 2.15. The van der Waals surface area contributed by atoms with Crippen LogP contribution in [0.1, 0.15) is 11.4 Å². The van der Waals surface area contributed by atoms with Crippen molar-refractivity contribution in [3.8, 4) is 0 Å². The van der Waals surface area contributed by atoms with Crippen molar-refractivity contribution in [1.82, 2.24) is 19.9 Å². The first-order chi connectivity index (χ1) is 11.1. The predicted octanol–water partition coefficient (Wildman–Crippen LogP) is 3.44. The smallest absolute Gasteiger partial charge is 0.407 e. The Morgan fingerprint density at radius 2 is 2.09 bits per heavy atom. The van der Waals surface area contributed by atoms with Gasteiger partial charge in [0.15, 0.2) is 5.65 Å². The summed E-state index contributed by atoms with van der Waals surface area (Å²) < 4.78 is 0.847. The van der Waals surface area contributed by atoms with Crippen molar-refractivity contribution in [3.05, 3.63) is 58.5 Å². The van der Waals surface area contributed by atoms with E-state index in [1.54, 1.807) is 6.20 Å². The highest BCUT2D eigenvalue weighted by atomic mass is 79.9. The lowest BCUT2D eigenvalue weighted by atomic mass is 10.1. The van der Waals surface area contributed by atoms with E-state index in [4.69, 9.17) is 0 Å². The number of nitrogens with zero attached hydrogens (tertiary/aromatic N) is 3. The van der Waals surface area contributed by atoms with Gasteiger partial charge in [0.05, 0.1) is 12.1 Å². The Balaban J connectivity index is 1.72. The highest BCUT2D eigenvalue weighted by molar-refractivity contribution is 9.10. The van der Waals surface area contributed by atoms with Crippen LogP contribution in [0.15, 0.2) is 47.1 Å². The van der Waals surface area contributed by atoms with Gasteiger partial charge in [-0.25, -0.2) is 14.8 Å². The standard InChI is InChI=1S/C16H15BrN4O2/c17-12-8-13-15(18-9-12)20-14(19-13)10-21(16(22)23)7-6-11-4-2-1-3-5-11/h1-5,8-9H,6-7,10H2,(H,22,23)(H,18,19,20). The third kappa shape index (κ3) is 3.87. The minimum absolute atomic E-state index is 0.205. The fourth-order valence-corrected chi connectivity index (χ4v) is 2.66. The number of hydrogen-bond acceptors (Lipinski definition) is 3. The zero-order valence-electron chi connectivity index (χ0n) is 12.2. The number of pyridine rings is 1. The molecule has 0 saturated heterocycles. The Kier molecular flexibility index (Phi) is 4.57. The van der Waals surface area contributed by atoms with E-state index >= 15 is 0 Å². The van der Waals surface area contributed by atoms with Gasteiger partial charge in [0, 0.05) is 17.2 Å². The largest absolute Gasteiger partial charge is 0.465 e.